The average molecular weight is 275 g/mol. The van der Waals surface area contributed by atoms with Crippen LogP contribution in [0.2, 0.25) is 0 Å². The predicted molar refractivity (Wildman–Crippen MR) is 80.2 cm³/mol. The third-order valence-electron chi connectivity index (χ3n) is 5.69. The summed E-state index contributed by atoms with van der Waals surface area (Å²) in [4.78, 5) is 2.59. The number of nitrogens with zero attached hydrogens (tertiary/aromatic N) is 1. The van der Waals surface area contributed by atoms with Crippen LogP contribution in [0.25, 0.3) is 0 Å². The molecule has 0 saturated carbocycles. The molecule has 1 heterocycles. The Morgan fingerprint density at radius 1 is 1.45 bits per heavy atom. The van der Waals surface area contributed by atoms with Crippen molar-refractivity contribution in [2.75, 3.05) is 26.8 Å². The number of phenols is 1. The minimum atomic E-state index is 0.195. The zero-order valence-electron chi connectivity index (χ0n) is 12.7. The van der Waals surface area contributed by atoms with E-state index in [-0.39, 0.29) is 5.41 Å². The highest BCUT2D eigenvalue weighted by atomic mass is 16.5. The first-order chi connectivity index (χ1) is 9.56. The highest BCUT2D eigenvalue weighted by Gasteiger charge is 2.48. The maximum atomic E-state index is 9.83. The van der Waals surface area contributed by atoms with E-state index < -0.39 is 0 Å². The van der Waals surface area contributed by atoms with E-state index >= 15 is 0 Å². The molecule has 2 aliphatic rings. The molecule has 1 aromatic rings. The molecule has 3 rings (SSSR count). The quantitative estimate of drug-likeness (QED) is 0.920. The molecule has 1 aliphatic carbocycles. The monoisotopic (exact) mass is 275 g/mol. The smallest absolute Gasteiger partial charge is 0.115 e. The third-order valence-corrected chi connectivity index (χ3v) is 5.69. The lowest BCUT2D eigenvalue weighted by atomic mass is 9.59. The summed E-state index contributed by atoms with van der Waals surface area (Å²) >= 11 is 0. The molecular formula is C17H25NO2. The summed E-state index contributed by atoms with van der Waals surface area (Å²) in [6.45, 7) is 7.70. The van der Waals surface area contributed by atoms with Crippen LogP contribution in [0.4, 0.5) is 0 Å². The fraction of sp³-hybridized carbons (Fsp3) is 0.647. The van der Waals surface area contributed by atoms with E-state index in [9.17, 15) is 5.11 Å². The summed E-state index contributed by atoms with van der Waals surface area (Å²) in [5, 5.41) is 9.83. The summed E-state index contributed by atoms with van der Waals surface area (Å²) < 4.78 is 5.25. The Hall–Kier alpha value is -1.06. The van der Waals surface area contributed by atoms with Crippen molar-refractivity contribution in [3.63, 3.8) is 0 Å². The number of hydrogen-bond acceptors (Lipinski definition) is 3. The van der Waals surface area contributed by atoms with Crippen LogP contribution in [-0.2, 0) is 16.6 Å². The number of fused-ring (bicyclic) bond motifs is 4. The number of ether oxygens (including phenoxy) is 1. The molecule has 0 aromatic heterocycles. The highest BCUT2D eigenvalue weighted by Crippen LogP contribution is 2.49. The van der Waals surface area contributed by atoms with Crippen LogP contribution < -0.4 is 0 Å². The Morgan fingerprint density at radius 2 is 2.25 bits per heavy atom. The Balaban J connectivity index is 1.95. The number of likely N-dealkylation sites (tertiary alicyclic amines) is 1. The first-order valence-electron chi connectivity index (χ1n) is 7.61. The van der Waals surface area contributed by atoms with Crippen LogP contribution in [0, 0.1) is 5.92 Å². The Bertz CT molecular complexity index is 502. The zero-order valence-corrected chi connectivity index (χ0v) is 12.7. The summed E-state index contributed by atoms with van der Waals surface area (Å²) in [6.07, 6.45) is 2.25. The molecule has 2 bridgehead atoms. The second kappa shape index (κ2) is 5.05. The zero-order chi connectivity index (χ0) is 14.3. The maximum absolute atomic E-state index is 9.83. The number of piperidine rings is 1. The van der Waals surface area contributed by atoms with Gasteiger partial charge in [-0.25, -0.2) is 0 Å². The first-order valence-corrected chi connectivity index (χ1v) is 7.61. The summed E-state index contributed by atoms with van der Waals surface area (Å²) in [5.41, 5.74) is 2.98. The van der Waals surface area contributed by atoms with E-state index in [2.05, 4.69) is 24.8 Å². The maximum Gasteiger partial charge on any atom is 0.115 e. The molecule has 1 saturated heterocycles. The fourth-order valence-corrected chi connectivity index (χ4v) is 4.18. The molecule has 110 valence electrons. The van der Waals surface area contributed by atoms with E-state index in [1.54, 1.807) is 7.11 Å². The molecule has 0 amide bonds. The molecule has 1 unspecified atom stereocenters. The molecule has 20 heavy (non-hydrogen) atoms. The summed E-state index contributed by atoms with van der Waals surface area (Å²) in [6, 6.07) is 6.53. The number of rotatable bonds is 3. The molecule has 3 atom stereocenters. The molecule has 1 aliphatic heterocycles. The largest absolute Gasteiger partial charge is 0.508 e. The Labute approximate surface area is 121 Å². The minimum absolute atomic E-state index is 0.195. The van der Waals surface area contributed by atoms with Crippen LogP contribution in [0.15, 0.2) is 18.2 Å². The van der Waals surface area contributed by atoms with Gasteiger partial charge in [0.25, 0.3) is 0 Å². The van der Waals surface area contributed by atoms with Gasteiger partial charge in [0.1, 0.15) is 5.75 Å². The van der Waals surface area contributed by atoms with Crippen molar-refractivity contribution in [1.29, 1.82) is 0 Å². The molecule has 1 aromatic carbocycles. The summed E-state index contributed by atoms with van der Waals surface area (Å²) in [7, 11) is 1.77. The molecule has 1 N–H and O–H groups in total. The van der Waals surface area contributed by atoms with Crippen LogP contribution in [0.1, 0.15) is 31.4 Å². The Morgan fingerprint density at radius 3 is 3.00 bits per heavy atom. The average Bonchev–Trinajstić information content (AvgIpc) is 2.43. The second-order valence-corrected chi connectivity index (χ2v) is 6.60. The van der Waals surface area contributed by atoms with Crippen LogP contribution in [0.5, 0.6) is 5.75 Å². The van der Waals surface area contributed by atoms with Crippen LogP contribution in [0.3, 0.4) is 0 Å². The predicted octanol–water partition coefficient (Wildman–Crippen LogP) is 2.56. The van der Waals surface area contributed by atoms with Gasteiger partial charge in [0.2, 0.25) is 0 Å². The van der Waals surface area contributed by atoms with Crippen molar-refractivity contribution in [2.24, 2.45) is 5.92 Å². The van der Waals surface area contributed by atoms with Crippen molar-refractivity contribution in [3.8, 4) is 5.75 Å². The van der Waals surface area contributed by atoms with Crippen molar-refractivity contribution in [1.82, 2.24) is 4.90 Å². The lowest BCUT2D eigenvalue weighted by Crippen LogP contribution is -2.58. The third kappa shape index (κ3) is 2.04. The standard InChI is InChI=1S/C17H25NO2/c1-12-16-10-13-4-5-14(19)11-15(13)17(12,2)6-7-18(16)8-9-20-3/h4-5,11-12,16,19H,6-10H2,1-3H3/t12-,16+,17?/m0/s1. The van der Waals surface area contributed by atoms with E-state index in [0.717, 1.165) is 32.5 Å². The van der Waals surface area contributed by atoms with Gasteiger partial charge in [0, 0.05) is 19.7 Å². The second-order valence-electron chi connectivity index (χ2n) is 6.60. The van der Waals surface area contributed by atoms with Gasteiger partial charge in [-0.3, -0.25) is 4.90 Å². The lowest BCUT2D eigenvalue weighted by molar-refractivity contribution is 0.0156. The number of phenolic OH excluding ortho intramolecular Hbond substituents is 1. The van der Waals surface area contributed by atoms with Gasteiger partial charge >= 0.3 is 0 Å². The van der Waals surface area contributed by atoms with Gasteiger partial charge in [-0.1, -0.05) is 19.9 Å². The first kappa shape index (κ1) is 13.9. The van der Waals surface area contributed by atoms with E-state index in [4.69, 9.17) is 4.74 Å². The van der Waals surface area contributed by atoms with Crippen molar-refractivity contribution < 1.29 is 9.84 Å². The molecule has 3 nitrogen and oxygen atoms in total. The van der Waals surface area contributed by atoms with Gasteiger partial charge in [-0.2, -0.15) is 0 Å². The molecule has 3 heteroatoms. The van der Waals surface area contributed by atoms with Crippen LogP contribution in [-0.4, -0.2) is 42.9 Å². The molecule has 0 radical (unpaired) electrons. The van der Waals surface area contributed by atoms with Gasteiger partial charge in [0.15, 0.2) is 0 Å². The molecule has 1 fully saturated rings. The molecule has 0 spiro atoms. The van der Waals surface area contributed by atoms with Crippen molar-refractivity contribution in [3.05, 3.63) is 29.3 Å². The number of aromatic hydroxyl groups is 1. The topological polar surface area (TPSA) is 32.7 Å². The van der Waals surface area contributed by atoms with Gasteiger partial charge in [-0.05, 0) is 54.0 Å². The van der Waals surface area contributed by atoms with Crippen molar-refractivity contribution in [2.45, 2.75) is 38.1 Å². The number of benzene rings is 1. The lowest BCUT2D eigenvalue weighted by Gasteiger charge is -2.54. The van der Waals surface area contributed by atoms with Crippen molar-refractivity contribution >= 4 is 0 Å². The molecular weight excluding hydrogens is 250 g/mol. The van der Waals surface area contributed by atoms with E-state index in [1.807, 2.05) is 12.1 Å². The van der Waals surface area contributed by atoms with Crippen LogP contribution >= 0.6 is 0 Å². The van der Waals surface area contributed by atoms with E-state index in [0.29, 0.717) is 17.7 Å². The minimum Gasteiger partial charge on any atom is -0.508 e. The van der Waals surface area contributed by atoms with Gasteiger partial charge < -0.3 is 9.84 Å². The number of hydrogen-bond donors (Lipinski definition) is 1. The fourth-order valence-electron chi connectivity index (χ4n) is 4.18. The normalized spacial score (nSPS) is 33.0. The summed E-state index contributed by atoms with van der Waals surface area (Å²) in [5.74, 6) is 1.01. The highest BCUT2D eigenvalue weighted by molar-refractivity contribution is 5.44. The number of methoxy groups -OCH3 is 1. The van der Waals surface area contributed by atoms with Gasteiger partial charge in [-0.15, -0.1) is 0 Å². The SMILES string of the molecule is COCCN1CCC2(C)c3cc(O)ccc3C[C@@H]1[C@@H]2C. The van der Waals surface area contributed by atoms with E-state index in [1.165, 1.54) is 11.1 Å². The Kier molecular flexibility index (Phi) is 3.51. The van der Waals surface area contributed by atoms with Gasteiger partial charge in [0.05, 0.1) is 6.61 Å².